The van der Waals surface area contributed by atoms with Gasteiger partial charge in [0, 0.05) is 0 Å². The maximum Gasteiger partial charge on any atom is 0.417 e. The highest BCUT2D eigenvalue weighted by atomic mass is 19.4. The van der Waals surface area contributed by atoms with Crippen LogP contribution in [0.2, 0.25) is 0 Å². The molecule has 0 saturated carbocycles. The van der Waals surface area contributed by atoms with Gasteiger partial charge in [0.25, 0.3) is 0 Å². The van der Waals surface area contributed by atoms with Crippen LogP contribution in [0.25, 0.3) is 0 Å². The zero-order chi connectivity index (χ0) is 10.9. The monoisotopic (exact) mass is 191 g/mol. The normalized spacial score (nSPS) is 12.4. The first-order chi connectivity index (χ1) is 6.34. The highest BCUT2D eigenvalue weighted by molar-refractivity contribution is 5.89. The first kappa shape index (κ1) is 8.10. The summed E-state index contributed by atoms with van der Waals surface area (Å²) in [5.74, 6) is -1.75. The fourth-order valence-electron chi connectivity index (χ4n) is 0.850. The first-order valence-corrected chi connectivity index (χ1v) is 3.24. The summed E-state index contributed by atoms with van der Waals surface area (Å²) < 4.78 is 43.8. The van der Waals surface area contributed by atoms with Gasteiger partial charge in [-0.2, -0.15) is 13.2 Å². The Kier molecular flexibility index (Phi) is 1.92. The van der Waals surface area contributed by atoms with Crippen LogP contribution in [0.15, 0.2) is 24.2 Å². The highest BCUT2D eigenvalue weighted by Crippen LogP contribution is 2.31. The van der Waals surface area contributed by atoms with Crippen LogP contribution < -0.4 is 0 Å². The van der Waals surface area contributed by atoms with Crippen LogP contribution >= 0.6 is 0 Å². The minimum absolute atomic E-state index is 0.640. The minimum atomic E-state index is -4.75. The van der Waals surface area contributed by atoms with E-state index >= 15 is 0 Å². The van der Waals surface area contributed by atoms with Gasteiger partial charge < -0.3 is 5.11 Å². The third-order valence-corrected chi connectivity index (χ3v) is 1.38. The molecule has 0 aliphatic rings. The number of benzene rings is 1. The van der Waals surface area contributed by atoms with E-state index in [1.54, 1.807) is 0 Å². The summed E-state index contributed by atoms with van der Waals surface area (Å²) in [7, 11) is 0. The van der Waals surface area contributed by atoms with E-state index in [4.69, 9.17) is 6.48 Å². The molecule has 0 aromatic heterocycles. The largest absolute Gasteiger partial charge is 0.478 e. The van der Waals surface area contributed by atoms with Gasteiger partial charge in [0.2, 0.25) is 0 Å². The molecule has 70 valence electrons. The molecule has 0 aliphatic carbocycles. The van der Waals surface area contributed by atoms with E-state index in [0.717, 1.165) is 12.1 Å². The molecule has 1 aromatic carbocycles. The molecule has 0 unspecified atom stereocenters. The fraction of sp³-hybridized carbons (Fsp3) is 0.125. The maximum absolute atomic E-state index is 12.2. The van der Waals surface area contributed by atoms with Crippen LogP contribution in [0.5, 0.6) is 0 Å². The Balaban J connectivity index is 3.44. The zero-order valence-corrected chi connectivity index (χ0v) is 6.22. The van der Waals surface area contributed by atoms with Crippen LogP contribution in [0, 0.1) is 0 Å². The van der Waals surface area contributed by atoms with Gasteiger partial charge in [0.05, 0.1) is 12.5 Å². The molecular formula is C8H5F3O2. The maximum atomic E-state index is 12.2. The van der Waals surface area contributed by atoms with E-state index in [9.17, 15) is 18.0 Å². The van der Waals surface area contributed by atoms with E-state index in [1.165, 1.54) is 0 Å². The zero-order valence-electron chi connectivity index (χ0n) is 7.22. The van der Waals surface area contributed by atoms with Gasteiger partial charge in [-0.15, -0.1) is 0 Å². The van der Waals surface area contributed by atoms with Gasteiger partial charge in [-0.25, -0.2) is 4.79 Å². The molecule has 0 fully saturated rings. The molecule has 1 aromatic rings. The molecule has 0 atom stereocenters. The van der Waals surface area contributed by atoms with Crippen molar-refractivity contribution in [1.82, 2.24) is 0 Å². The third kappa shape index (κ3) is 1.99. The van der Waals surface area contributed by atoms with Crippen molar-refractivity contribution < 1.29 is 24.4 Å². The summed E-state index contributed by atoms with van der Waals surface area (Å²) in [6, 6.07) is 1.99. The molecule has 1 N–H and O–H groups in total. The van der Waals surface area contributed by atoms with E-state index in [1.807, 2.05) is 0 Å². The van der Waals surface area contributed by atoms with E-state index < -0.39 is 29.3 Å². The molecule has 0 aliphatic heterocycles. The molecule has 0 amide bonds. The Morgan fingerprint density at radius 1 is 1.46 bits per heavy atom. The number of rotatable bonds is 1. The summed E-state index contributed by atoms with van der Waals surface area (Å²) in [6.07, 6.45) is -4.75. The lowest BCUT2D eigenvalue weighted by Crippen LogP contribution is -2.12. The van der Waals surface area contributed by atoms with Crippen LogP contribution in [0.3, 0.4) is 0 Å². The second-order valence-corrected chi connectivity index (χ2v) is 2.26. The van der Waals surface area contributed by atoms with Gasteiger partial charge in [0.15, 0.2) is 0 Å². The number of hydrogen-bond acceptors (Lipinski definition) is 1. The molecule has 0 bridgehead atoms. The lowest BCUT2D eigenvalue weighted by molar-refractivity contribution is -0.138. The molecule has 2 nitrogen and oxygen atoms in total. The third-order valence-electron chi connectivity index (χ3n) is 1.38. The molecular weight excluding hydrogens is 185 g/mol. The molecule has 0 spiro atoms. The summed E-state index contributed by atoms with van der Waals surface area (Å²) in [5.41, 5.74) is -2.31. The fourth-order valence-corrected chi connectivity index (χ4v) is 0.850. The number of alkyl halides is 3. The standard InChI is InChI=1S/C8H5F3O2/c9-8(10,11)6-4-2-1-3-5(6)7(12)13/h1-4H,(H,12,13)/i3D. The van der Waals surface area contributed by atoms with Crippen molar-refractivity contribution >= 4 is 5.97 Å². The van der Waals surface area contributed by atoms with Crippen molar-refractivity contribution in [3.63, 3.8) is 0 Å². The van der Waals surface area contributed by atoms with Crippen molar-refractivity contribution in [3.05, 3.63) is 35.4 Å². The number of halogens is 3. The smallest absolute Gasteiger partial charge is 0.417 e. The summed E-state index contributed by atoms with van der Waals surface area (Å²) in [6.45, 7) is 0. The minimum Gasteiger partial charge on any atom is -0.478 e. The van der Waals surface area contributed by atoms with Crippen LogP contribution in [0.4, 0.5) is 13.2 Å². The molecule has 13 heavy (non-hydrogen) atoms. The topological polar surface area (TPSA) is 37.3 Å². The molecule has 0 radical (unpaired) electrons. The lowest BCUT2D eigenvalue weighted by Gasteiger charge is -2.08. The lowest BCUT2D eigenvalue weighted by atomic mass is 10.1. The molecule has 1 rings (SSSR count). The van der Waals surface area contributed by atoms with Crippen molar-refractivity contribution in [1.29, 1.82) is 0 Å². The van der Waals surface area contributed by atoms with Crippen molar-refractivity contribution in [2.24, 2.45) is 0 Å². The Morgan fingerprint density at radius 2 is 2.08 bits per heavy atom. The second kappa shape index (κ2) is 3.08. The van der Waals surface area contributed by atoms with Crippen LogP contribution in [0.1, 0.15) is 17.3 Å². The van der Waals surface area contributed by atoms with Gasteiger partial charge in [-0.3, -0.25) is 0 Å². The van der Waals surface area contributed by atoms with Crippen molar-refractivity contribution in [3.8, 4) is 0 Å². The number of aromatic carboxylic acids is 1. The van der Waals surface area contributed by atoms with Gasteiger partial charge >= 0.3 is 12.1 Å². The Hall–Kier alpha value is -1.52. The highest BCUT2D eigenvalue weighted by Gasteiger charge is 2.34. The predicted octanol–water partition coefficient (Wildman–Crippen LogP) is 2.40. The number of carbonyl (C=O) groups is 1. The number of carboxylic acid groups (broad SMARTS) is 1. The first-order valence-electron chi connectivity index (χ1n) is 3.74. The Labute approximate surface area is 73.0 Å². The molecule has 0 saturated heterocycles. The summed E-state index contributed by atoms with van der Waals surface area (Å²) in [4.78, 5) is 10.5. The Bertz CT molecular complexity index is 373. The molecule has 5 heteroatoms. The molecule has 0 heterocycles. The van der Waals surface area contributed by atoms with Crippen LogP contribution in [-0.2, 0) is 6.18 Å². The average molecular weight is 191 g/mol. The van der Waals surface area contributed by atoms with Crippen molar-refractivity contribution in [2.75, 3.05) is 0 Å². The van der Waals surface area contributed by atoms with E-state index in [2.05, 4.69) is 0 Å². The summed E-state index contributed by atoms with van der Waals surface area (Å²) >= 11 is 0. The van der Waals surface area contributed by atoms with E-state index in [-0.39, 0.29) is 0 Å². The second-order valence-electron chi connectivity index (χ2n) is 2.26. The van der Waals surface area contributed by atoms with Gasteiger partial charge in [-0.05, 0) is 12.1 Å². The van der Waals surface area contributed by atoms with Gasteiger partial charge in [-0.1, -0.05) is 12.1 Å². The predicted molar refractivity (Wildman–Crippen MR) is 38.4 cm³/mol. The number of hydrogen-bond donors (Lipinski definition) is 1. The van der Waals surface area contributed by atoms with Crippen molar-refractivity contribution in [2.45, 2.75) is 6.18 Å². The SMILES string of the molecule is [2H]c1cccc(C(F)(F)F)c1C(=O)O. The van der Waals surface area contributed by atoms with Gasteiger partial charge in [0.1, 0.15) is 0 Å². The number of carboxylic acids is 1. The average Bonchev–Trinajstić information content (AvgIpc) is 2.01. The van der Waals surface area contributed by atoms with E-state index in [0.29, 0.717) is 6.07 Å². The quantitative estimate of drug-likeness (QED) is 0.739. The van der Waals surface area contributed by atoms with Crippen LogP contribution in [-0.4, -0.2) is 11.1 Å². The summed E-state index contributed by atoms with van der Waals surface area (Å²) in [5, 5.41) is 8.49. The Morgan fingerprint density at radius 3 is 2.46 bits per heavy atom.